The smallest absolute Gasteiger partial charge is 0.214 e. The molecule has 4 rings (SSSR count). The van der Waals surface area contributed by atoms with Gasteiger partial charge in [0.15, 0.2) is 0 Å². The van der Waals surface area contributed by atoms with Gasteiger partial charge < -0.3 is 10.1 Å². The summed E-state index contributed by atoms with van der Waals surface area (Å²) in [4.78, 5) is 5.56. The molecule has 5 nitrogen and oxygen atoms in total. The lowest BCUT2D eigenvalue weighted by Crippen LogP contribution is -2.30. The number of halogens is 1. The fourth-order valence-electron chi connectivity index (χ4n) is 3.05. The number of hydrogen-bond acceptors (Lipinski definition) is 5. The average Bonchev–Trinajstić information content (AvgIpc) is 3.14. The zero-order chi connectivity index (χ0) is 16.5. The number of fused-ring (bicyclic) bond motifs is 1. The van der Waals surface area contributed by atoms with Crippen molar-refractivity contribution in [1.29, 1.82) is 0 Å². The molecular weight excluding hydrogens is 344 g/mol. The molecule has 0 radical (unpaired) electrons. The Labute approximate surface area is 149 Å². The molecule has 1 aliphatic rings. The number of rotatable bonds is 4. The van der Waals surface area contributed by atoms with Crippen LogP contribution in [0.2, 0.25) is 5.02 Å². The molecule has 0 aliphatic carbocycles. The summed E-state index contributed by atoms with van der Waals surface area (Å²) in [5.74, 6) is 0.639. The number of benzene rings is 1. The van der Waals surface area contributed by atoms with Gasteiger partial charge in [0.2, 0.25) is 10.1 Å². The first-order valence-corrected chi connectivity index (χ1v) is 9.35. The Bertz CT molecular complexity index is 791. The Hall–Kier alpha value is -1.63. The van der Waals surface area contributed by atoms with Crippen LogP contribution in [0.15, 0.2) is 30.5 Å². The first-order chi connectivity index (χ1) is 11.7. The monoisotopic (exact) mass is 362 g/mol. The molecule has 3 heterocycles. The fraction of sp³-hybridized carbons (Fsp3) is 0.412. The molecule has 2 aromatic heterocycles. The summed E-state index contributed by atoms with van der Waals surface area (Å²) in [6.45, 7) is 3.95. The Kier molecular flexibility index (Phi) is 4.43. The topological polar surface area (TPSA) is 51.5 Å². The summed E-state index contributed by atoms with van der Waals surface area (Å²) < 4.78 is 7.28. The molecule has 1 saturated heterocycles. The van der Waals surface area contributed by atoms with Gasteiger partial charge in [0.05, 0.1) is 11.9 Å². The van der Waals surface area contributed by atoms with Gasteiger partial charge in [-0.2, -0.15) is 0 Å². The van der Waals surface area contributed by atoms with E-state index < -0.39 is 0 Å². The zero-order valence-corrected chi connectivity index (χ0v) is 15.0. The molecule has 0 bridgehead atoms. The second-order valence-electron chi connectivity index (χ2n) is 6.15. The second-order valence-corrected chi connectivity index (χ2v) is 7.54. The highest BCUT2D eigenvalue weighted by Crippen LogP contribution is 2.27. The maximum absolute atomic E-state index is 5.94. The molecule has 1 unspecified atom stereocenters. The predicted molar refractivity (Wildman–Crippen MR) is 97.9 cm³/mol. The fourth-order valence-corrected chi connectivity index (χ4v) is 4.05. The average molecular weight is 363 g/mol. The molecule has 1 fully saturated rings. The van der Waals surface area contributed by atoms with Crippen molar-refractivity contribution in [3.8, 4) is 11.3 Å². The van der Waals surface area contributed by atoms with Gasteiger partial charge in [-0.05, 0) is 37.8 Å². The number of aromatic nitrogens is 3. The highest BCUT2D eigenvalue weighted by atomic mass is 35.5. The SMILES string of the molecule is CC(Nc1nn2cc(-c3ccc(Cl)cc3)nc2s1)C1CCOCC1. The van der Waals surface area contributed by atoms with E-state index in [1.165, 1.54) is 0 Å². The molecule has 1 atom stereocenters. The van der Waals surface area contributed by atoms with Gasteiger partial charge in [-0.15, -0.1) is 5.10 Å². The summed E-state index contributed by atoms with van der Waals surface area (Å²) in [6.07, 6.45) is 4.17. The molecule has 3 aromatic rings. The van der Waals surface area contributed by atoms with E-state index in [0.717, 1.165) is 52.4 Å². The third-order valence-corrected chi connectivity index (χ3v) is 5.61. The van der Waals surface area contributed by atoms with Crippen molar-refractivity contribution in [2.45, 2.75) is 25.8 Å². The maximum Gasteiger partial charge on any atom is 0.214 e. The Morgan fingerprint density at radius 2 is 2.04 bits per heavy atom. The number of nitrogens with one attached hydrogen (secondary N) is 1. The van der Waals surface area contributed by atoms with E-state index in [4.69, 9.17) is 16.3 Å². The summed E-state index contributed by atoms with van der Waals surface area (Å²) in [5.41, 5.74) is 1.96. The minimum absolute atomic E-state index is 0.389. The molecule has 24 heavy (non-hydrogen) atoms. The molecular formula is C17H19ClN4OS. The lowest BCUT2D eigenvalue weighted by molar-refractivity contribution is 0.0622. The first kappa shape index (κ1) is 15.9. The van der Waals surface area contributed by atoms with Gasteiger partial charge in [-0.1, -0.05) is 35.1 Å². The third-order valence-electron chi connectivity index (χ3n) is 4.51. The molecule has 1 N–H and O–H groups in total. The number of nitrogens with zero attached hydrogens (tertiary/aromatic N) is 3. The van der Waals surface area contributed by atoms with Gasteiger partial charge in [-0.3, -0.25) is 0 Å². The van der Waals surface area contributed by atoms with Crippen molar-refractivity contribution < 1.29 is 4.74 Å². The predicted octanol–water partition coefficient (Wildman–Crippen LogP) is 4.34. The summed E-state index contributed by atoms with van der Waals surface area (Å²) >= 11 is 7.52. The number of hydrogen-bond donors (Lipinski definition) is 1. The third kappa shape index (κ3) is 3.27. The van der Waals surface area contributed by atoms with Crippen molar-refractivity contribution >= 4 is 33.0 Å². The lowest BCUT2D eigenvalue weighted by atomic mass is 9.93. The van der Waals surface area contributed by atoms with Crippen LogP contribution in [0.1, 0.15) is 19.8 Å². The Morgan fingerprint density at radius 3 is 2.75 bits per heavy atom. The van der Waals surface area contributed by atoms with Crippen LogP contribution >= 0.6 is 22.9 Å². The van der Waals surface area contributed by atoms with Gasteiger partial charge in [0.1, 0.15) is 0 Å². The van der Waals surface area contributed by atoms with Gasteiger partial charge in [-0.25, -0.2) is 9.50 Å². The van der Waals surface area contributed by atoms with Crippen LogP contribution in [0.3, 0.4) is 0 Å². The van der Waals surface area contributed by atoms with E-state index in [1.807, 2.05) is 35.0 Å². The standard InChI is InChI=1S/C17H19ClN4OS/c1-11(12-6-8-23-9-7-12)19-16-21-22-10-15(20-17(22)24-16)13-2-4-14(18)5-3-13/h2-5,10-12H,6-9H2,1H3,(H,19,21). The normalized spacial score (nSPS) is 17.2. The number of ether oxygens (including phenoxy) is 1. The first-order valence-electron chi connectivity index (χ1n) is 8.15. The second kappa shape index (κ2) is 6.70. The van der Waals surface area contributed by atoms with Crippen molar-refractivity contribution in [1.82, 2.24) is 14.6 Å². The maximum atomic E-state index is 5.94. The zero-order valence-electron chi connectivity index (χ0n) is 13.4. The highest BCUT2D eigenvalue weighted by Gasteiger charge is 2.21. The minimum Gasteiger partial charge on any atom is -0.381 e. The van der Waals surface area contributed by atoms with Crippen LogP contribution in [-0.4, -0.2) is 33.9 Å². The Balaban J connectivity index is 1.50. The lowest BCUT2D eigenvalue weighted by Gasteiger charge is -2.28. The molecule has 0 amide bonds. The molecule has 0 saturated carbocycles. The Morgan fingerprint density at radius 1 is 1.29 bits per heavy atom. The minimum atomic E-state index is 0.389. The van der Waals surface area contributed by atoms with E-state index in [2.05, 4.69) is 22.3 Å². The van der Waals surface area contributed by atoms with Crippen LogP contribution < -0.4 is 5.32 Å². The highest BCUT2D eigenvalue weighted by molar-refractivity contribution is 7.20. The summed E-state index contributed by atoms with van der Waals surface area (Å²) in [7, 11) is 0. The van der Waals surface area contributed by atoms with E-state index in [-0.39, 0.29) is 0 Å². The van der Waals surface area contributed by atoms with Crippen LogP contribution in [0.25, 0.3) is 16.2 Å². The van der Waals surface area contributed by atoms with Crippen molar-refractivity contribution in [3.05, 3.63) is 35.5 Å². The molecule has 1 aromatic carbocycles. The summed E-state index contributed by atoms with van der Waals surface area (Å²) in [5, 5.41) is 9.79. The van der Waals surface area contributed by atoms with E-state index in [9.17, 15) is 0 Å². The number of imidazole rings is 1. The van der Waals surface area contributed by atoms with Crippen molar-refractivity contribution in [3.63, 3.8) is 0 Å². The van der Waals surface area contributed by atoms with Crippen LogP contribution in [0.4, 0.5) is 5.13 Å². The molecule has 1 aliphatic heterocycles. The van der Waals surface area contributed by atoms with Crippen molar-refractivity contribution in [2.24, 2.45) is 5.92 Å². The van der Waals surface area contributed by atoms with Crippen LogP contribution in [0.5, 0.6) is 0 Å². The quantitative estimate of drug-likeness (QED) is 0.750. The molecule has 0 spiro atoms. The van der Waals surface area contributed by atoms with Crippen LogP contribution in [-0.2, 0) is 4.74 Å². The summed E-state index contributed by atoms with van der Waals surface area (Å²) in [6, 6.07) is 8.09. The van der Waals surface area contributed by atoms with Crippen LogP contribution in [0, 0.1) is 5.92 Å². The van der Waals surface area contributed by atoms with E-state index in [0.29, 0.717) is 12.0 Å². The van der Waals surface area contributed by atoms with E-state index in [1.54, 1.807) is 11.3 Å². The number of anilines is 1. The van der Waals surface area contributed by atoms with Gasteiger partial charge >= 0.3 is 0 Å². The van der Waals surface area contributed by atoms with E-state index >= 15 is 0 Å². The van der Waals surface area contributed by atoms with Gasteiger partial charge in [0, 0.05) is 29.8 Å². The van der Waals surface area contributed by atoms with Crippen molar-refractivity contribution in [2.75, 3.05) is 18.5 Å². The van der Waals surface area contributed by atoms with Gasteiger partial charge in [0.25, 0.3) is 0 Å². The molecule has 126 valence electrons. The molecule has 7 heteroatoms. The largest absolute Gasteiger partial charge is 0.381 e.